The molecule has 1 aromatic heterocycles. The summed E-state index contributed by atoms with van der Waals surface area (Å²) in [5.41, 5.74) is 0. The van der Waals surface area contributed by atoms with E-state index in [0.29, 0.717) is 0 Å². The van der Waals surface area contributed by atoms with Crippen molar-refractivity contribution >= 4 is 22.5 Å². The molecule has 0 aliphatic heterocycles. The molecule has 0 aromatic carbocycles. The van der Waals surface area contributed by atoms with Crippen molar-refractivity contribution < 1.29 is 4.42 Å². The summed E-state index contributed by atoms with van der Waals surface area (Å²) in [6.45, 7) is 0. The average molecular weight is 160 g/mol. The molecule has 0 aliphatic rings. The first-order chi connectivity index (χ1) is 4.43. The van der Waals surface area contributed by atoms with Crippen molar-refractivity contribution in [1.29, 1.82) is 0 Å². The molecule has 0 saturated carbocycles. The fourth-order valence-electron chi connectivity index (χ4n) is 0.601. The van der Waals surface area contributed by atoms with Gasteiger partial charge in [0.1, 0.15) is 5.76 Å². The molecule has 0 N–H and O–H groups in total. The molecule has 0 fully saturated rings. The number of hydrogen-bond donors (Lipinski definition) is 1. The summed E-state index contributed by atoms with van der Waals surface area (Å²) in [7, 11) is 1.53. The van der Waals surface area contributed by atoms with Crippen LogP contribution in [0.15, 0.2) is 22.8 Å². The van der Waals surface area contributed by atoms with E-state index < -0.39 is 0 Å². The highest BCUT2D eigenvalue weighted by molar-refractivity contribution is 8.68. The molecule has 1 aromatic rings. The number of rotatable bonds is 3. The Bertz CT molecular complexity index is 148. The van der Waals surface area contributed by atoms with E-state index in [2.05, 4.69) is 11.7 Å². The molecule has 1 heterocycles. The first kappa shape index (κ1) is 7.09. The summed E-state index contributed by atoms with van der Waals surface area (Å²) >= 11 is 4.01. The molecule has 0 amide bonds. The fourth-order valence-corrected chi connectivity index (χ4v) is 1.17. The van der Waals surface area contributed by atoms with Gasteiger partial charge < -0.3 is 4.42 Å². The molecule has 1 nitrogen and oxygen atoms in total. The lowest BCUT2D eigenvalue weighted by atomic mass is 10.4. The molecule has 1 rings (SSSR count). The van der Waals surface area contributed by atoms with Gasteiger partial charge in [-0.1, -0.05) is 10.8 Å². The normalized spacial score (nSPS) is 9.89. The van der Waals surface area contributed by atoms with E-state index in [0.717, 1.165) is 17.9 Å². The van der Waals surface area contributed by atoms with Gasteiger partial charge in [-0.25, -0.2) is 0 Å². The smallest absolute Gasteiger partial charge is 0.104 e. The monoisotopic (exact) mass is 160 g/mol. The van der Waals surface area contributed by atoms with E-state index in [9.17, 15) is 0 Å². The van der Waals surface area contributed by atoms with Crippen molar-refractivity contribution in [1.82, 2.24) is 0 Å². The van der Waals surface area contributed by atoms with E-state index in [1.165, 1.54) is 10.8 Å². The molecule has 0 unspecified atom stereocenters. The Morgan fingerprint density at radius 1 is 1.67 bits per heavy atom. The third-order valence-electron chi connectivity index (χ3n) is 1.02. The maximum atomic E-state index is 5.09. The molecule has 0 bridgehead atoms. The zero-order valence-corrected chi connectivity index (χ0v) is 6.62. The quantitative estimate of drug-likeness (QED) is 0.538. The Labute approximate surface area is 63.6 Å². The molecule has 9 heavy (non-hydrogen) atoms. The fraction of sp³-hybridized carbons (Fsp3) is 0.333. The predicted octanol–water partition coefficient (Wildman–Crippen LogP) is 2.40. The van der Waals surface area contributed by atoms with Gasteiger partial charge in [0.05, 0.1) is 6.26 Å². The highest BCUT2D eigenvalue weighted by Crippen LogP contribution is 2.09. The lowest BCUT2D eigenvalue weighted by Gasteiger charge is -1.89. The van der Waals surface area contributed by atoms with Crippen molar-refractivity contribution in [3.63, 3.8) is 0 Å². The van der Waals surface area contributed by atoms with Crippen molar-refractivity contribution in [2.45, 2.75) is 6.42 Å². The molecule has 50 valence electrons. The zero-order chi connectivity index (χ0) is 6.53. The van der Waals surface area contributed by atoms with Gasteiger partial charge in [0.15, 0.2) is 0 Å². The van der Waals surface area contributed by atoms with Gasteiger partial charge in [0.2, 0.25) is 0 Å². The summed E-state index contributed by atoms with van der Waals surface area (Å²) in [6, 6.07) is 3.88. The molecular formula is C6H8OS2. The van der Waals surface area contributed by atoms with Gasteiger partial charge in [-0.15, -0.1) is 11.7 Å². The minimum absolute atomic E-state index is 0.973. The summed E-state index contributed by atoms with van der Waals surface area (Å²) < 4.78 is 5.09. The van der Waals surface area contributed by atoms with Crippen molar-refractivity contribution in [2.75, 3.05) is 5.75 Å². The molecule has 0 spiro atoms. The minimum Gasteiger partial charge on any atom is -0.469 e. The SMILES string of the molecule is SSCCc1ccco1. The highest BCUT2D eigenvalue weighted by atomic mass is 33.1. The van der Waals surface area contributed by atoms with E-state index >= 15 is 0 Å². The average Bonchev–Trinajstić information content (AvgIpc) is 2.34. The number of furan rings is 1. The van der Waals surface area contributed by atoms with Crippen LogP contribution in [-0.4, -0.2) is 5.75 Å². The molecule has 0 aliphatic carbocycles. The van der Waals surface area contributed by atoms with Crippen LogP contribution >= 0.6 is 22.5 Å². The predicted molar refractivity (Wildman–Crippen MR) is 43.9 cm³/mol. The maximum Gasteiger partial charge on any atom is 0.104 e. The lowest BCUT2D eigenvalue weighted by Crippen LogP contribution is -1.80. The standard InChI is InChI=1S/C6H8OS2/c8-9-5-3-6-2-1-4-7-6/h1-2,4,8H,3,5H2. The largest absolute Gasteiger partial charge is 0.469 e. The summed E-state index contributed by atoms with van der Waals surface area (Å²) in [4.78, 5) is 0. The maximum absolute atomic E-state index is 5.09. The van der Waals surface area contributed by atoms with Crippen LogP contribution < -0.4 is 0 Å². The van der Waals surface area contributed by atoms with Gasteiger partial charge in [0, 0.05) is 12.2 Å². The highest BCUT2D eigenvalue weighted by Gasteiger charge is 1.92. The van der Waals surface area contributed by atoms with Crippen LogP contribution in [0.25, 0.3) is 0 Å². The Balaban J connectivity index is 2.30. The molecule has 3 heteroatoms. The molecule has 0 saturated heterocycles. The van der Waals surface area contributed by atoms with Crippen molar-refractivity contribution in [3.8, 4) is 0 Å². The van der Waals surface area contributed by atoms with Crippen LogP contribution in [0.3, 0.4) is 0 Å². The van der Waals surface area contributed by atoms with Gasteiger partial charge in [-0.3, -0.25) is 0 Å². The van der Waals surface area contributed by atoms with Crippen LogP contribution in [-0.2, 0) is 6.42 Å². The Morgan fingerprint density at radius 2 is 2.56 bits per heavy atom. The number of aryl methyl sites for hydroxylation is 1. The molecule has 0 radical (unpaired) electrons. The Morgan fingerprint density at radius 3 is 3.11 bits per heavy atom. The first-order valence-electron chi connectivity index (χ1n) is 2.72. The van der Waals surface area contributed by atoms with Crippen LogP contribution in [0, 0.1) is 0 Å². The summed E-state index contributed by atoms with van der Waals surface area (Å²) in [5, 5.41) is 0. The van der Waals surface area contributed by atoms with E-state index in [1.54, 1.807) is 6.26 Å². The zero-order valence-electron chi connectivity index (χ0n) is 4.91. The second-order valence-corrected chi connectivity index (χ2v) is 3.10. The summed E-state index contributed by atoms with van der Waals surface area (Å²) in [5.74, 6) is 2.05. The van der Waals surface area contributed by atoms with Gasteiger partial charge in [-0.05, 0) is 12.1 Å². The molecule has 0 atom stereocenters. The Kier molecular flexibility index (Phi) is 3.08. The summed E-state index contributed by atoms with van der Waals surface area (Å²) in [6.07, 6.45) is 2.67. The van der Waals surface area contributed by atoms with Crippen LogP contribution in [0.4, 0.5) is 0 Å². The number of hydrogen-bond acceptors (Lipinski definition) is 3. The van der Waals surface area contributed by atoms with Crippen LogP contribution in [0.1, 0.15) is 5.76 Å². The first-order valence-corrected chi connectivity index (χ1v) is 4.76. The topological polar surface area (TPSA) is 13.1 Å². The number of thiol groups is 1. The molecular weight excluding hydrogens is 152 g/mol. The second-order valence-electron chi connectivity index (χ2n) is 1.66. The minimum atomic E-state index is 0.973. The second kappa shape index (κ2) is 3.90. The van der Waals surface area contributed by atoms with E-state index in [-0.39, 0.29) is 0 Å². The van der Waals surface area contributed by atoms with Crippen molar-refractivity contribution in [3.05, 3.63) is 24.2 Å². The van der Waals surface area contributed by atoms with Crippen molar-refractivity contribution in [2.24, 2.45) is 0 Å². The van der Waals surface area contributed by atoms with E-state index in [1.807, 2.05) is 12.1 Å². The van der Waals surface area contributed by atoms with E-state index in [4.69, 9.17) is 4.42 Å². The Hall–Kier alpha value is -0.0200. The third-order valence-corrected chi connectivity index (χ3v) is 1.95. The van der Waals surface area contributed by atoms with Crippen LogP contribution in [0.5, 0.6) is 0 Å². The van der Waals surface area contributed by atoms with Gasteiger partial charge in [0.25, 0.3) is 0 Å². The third kappa shape index (κ3) is 2.37. The lowest BCUT2D eigenvalue weighted by molar-refractivity contribution is 0.517. The van der Waals surface area contributed by atoms with Crippen LogP contribution in [0.2, 0.25) is 0 Å². The van der Waals surface area contributed by atoms with Gasteiger partial charge >= 0.3 is 0 Å². The van der Waals surface area contributed by atoms with Gasteiger partial charge in [-0.2, -0.15) is 0 Å².